The van der Waals surface area contributed by atoms with Crippen molar-refractivity contribution in [3.63, 3.8) is 0 Å². The number of amides is 2. The summed E-state index contributed by atoms with van der Waals surface area (Å²) in [7, 11) is 1.75. The maximum Gasteiger partial charge on any atom is 0.326 e. The molecule has 2 amide bonds. The molecule has 6 nitrogen and oxygen atoms in total. The van der Waals surface area contributed by atoms with Crippen LogP contribution < -0.4 is 0 Å². The van der Waals surface area contributed by atoms with Crippen LogP contribution in [0, 0.1) is 5.92 Å². The lowest BCUT2D eigenvalue weighted by atomic mass is 9.85. The first-order valence-corrected chi connectivity index (χ1v) is 7.36. The second-order valence-electron chi connectivity index (χ2n) is 6.12. The van der Waals surface area contributed by atoms with Crippen LogP contribution in [0.15, 0.2) is 0 Å². The quantitative estimate of drug-likeness (QED) is 0.796. The molecule has 0 bridgehead atoms. The van der Waals surface area contributed by atoms with Gasteiger partial charge in [-0.25, -0.2) is 9.59 Å². The fourth-order valence-corrected chi connectivity index (χ4v) is 3.48. The second kappa shape index (κ2) is 5.99. The summed E-state index contributed by atoms with van der Waals surface area (Å²) in [6, 6.07) is -1.00. The molecule has 2 fully saturated rings. The topological polar surface area (TPSA) is 81.1 Å². The molecule has 114 valence electrons. The Morgan fingerprint density at radius 3 is 2.50 bits per heavy atom. The fourth-order valence-electron chi connectivity index (χ4n) is 3.48. The van der Waals surface area contributed by atoms with Crippen LogP contribution in [0.4, 0.5) is 4.79 Å². The van der Waals surface area contributed by atoms with Crippen molar-refractivity contribution in [1.29, 1.82) is 0 Å². The lowest BCUT2D eigenvalue weighted by Crippen LogP contribution is -2.52. The molecular formula is C14H24N2O4. The Kier molecular flexibility index (Phi) is 4.52. The third-order valence-electron chi connectivity index (χ3n) is 4.68. The van der Waals surface area contributed by atoms with Crippen molar-refractivity contribution in [3.8, 4) is 0 Å². The van der Waals surface area contributed by atoms with Crippen molar-refractivity contribution in [1.82, 2.24) is 9.80 Å². The third-order valence-corrected chi connectivity index (χ3v) is 4.68. The molecule has 3 unspecified atom stereocenters. The van der Waals surface area contributed by atoms with Gasteiger partial charge in [-0.05, 0) is 18.8 Å². The number of likely N-dealkylation sites (tertiary alicyclic amines) is 1. The van der Waals surface area contributed by atoms with Gasteiger partial charge in [0.2, 0.25) is 0 Å². The number of carboxylic acids is 1. The number of nitrogens with zero attached hydrogens (tertiary/aromatic N) is 2. The van der Waals surface area contributed by atoms with Gasteiger partial charge in [-0.2, -0.15) is 0 Å². The molecule has 2 N–H and O–H groups in total. The molecule has 0 radical (unpaired) electrons. The van der Waals surface area contributed by atoms with Crippen LogP contribution >= 0.6 is 0 Å². The van der Waals surface area contributed by atoms with E-state index in [2.05, 4.69) is 6.92 Å². The van der Waals surface area contributed by atoms with Gasteiger partial charge in [0, 0.05) is 26.1 Å². The number of aliphatic hydroxyl groups excluding tert-OH is 1. The number of aliphatic hydroxyl groups is 1. The molecule has 0 aromatic heterocycles. The zero-order valence-electron chi connectivity index (χ0n) is 12.2. The van der Waals surface area contributed by atoms with E-state index in [1.807, 2.05) is 0 Å². The Hall–Kier alpha value is -1.30. The predicted molar refractivity (Wildman–Crippen MR) is 73.3 cm³/mol. The number of β-amino-alcohol motifs (C(OH)–C–C–N with tert-alkyl or cyclic N) is 1. The lowest BCUT2D eigenvalue weighted by Gasteiger charge is -2.38. The number of rotatable bonds is 2. The molecule has 20 heavy (non-hydrogen) atoms. The normalized spacial score (nSPS) is 34.0. The highest BCUT2D eigenvalue weighted by molar-refractivity contribution is 5.83. The fraction of sp³-hybridized carbons (Fsp3) is 0.857. The number of carbonyl (C=O) groups is 2. The molecule has 1 aliphatic carbocycles. The summed E-state index contributed by atoms with van der Waals surface area (Å²) in [5.74, 6) is -0.603. The zero-order chi connectivity index (χ0) is 14.9. The molecule has 1 saturated heterocycles. The summed E-state index contributed by atoms with van der Waals surface area (Å²) < 4.78 is 0. The van der Waals surface area contributed by atoms with E-state index in [-0.39, 0.29) is 25.0 Å². The number of carbonyl (C=O) groups excluding carboxylic acids is 1. The molecule has 0 aromatic rings. The van der Waals surface area contributed by atoms with E-state index in [1.165, 1.54) is 11.3 Å². The van der Waals surface area contributed by atoms with Crippen LogP contribution in [0.5, 0.6) is 0 Å². The lowest BCUT2D eigenvalue weighted by molar-refractivity contribution is -0.141. The Morgan fingerprint density at radius 1 is 1.25 bits per heavy atom. The van der Waals surface area contributed by atoms with Gasteiger partial charge in [-0.3, -0.25) is 0 Å². The van der Waals surface area contributed by atoms with Crippen LogP contribution in [0.2, 0.25) is 0 Å². The van der Waals surface area contributed by atoms with Crippen molar-refractivity contribution in [2.75, 3.05) is 13.6 Å². The van der Waals surface area contributed by atoms with E-state index in [0.29, 0.717) is 5.92 Å². The Bertz CT molecular complexity index is 387. The van der Waals surface area contributed by atoms with Crippen LogP contribution in [0.3, 0.4) is 0 Å². The summed E-state index contributed by atoms with van der Waals surface area (Å²) in [5.41, 5.74) is 0. The van der Waals surface area contributed by atoms with E-state index in [9.17, 15) is 19.8 Å². The molecule has 0 spiro atoms. The average molecular weight is 284 g/mol. The van der Waals surface area contributed by atoms with Gasteiger partial charge in [0.25, 0.3) is 0 Å². The van der Waals surface area contributed by atoms with Gasteiger partial charge in [-0.15, -0.1) is 0 Å². The molecular weight excluding hydrogens is 260 g/mol. The number of hydrogen-bond donors (Lipinski definition) is 2. The van der Waals surface area contributed by atoms with E-state index in [4.69, 9.17) is 0 Å². The minimum Gasteiger partial charge on any atom is -0.480 e. The first kappa shape index (κ1) is 15.1. The van der Waals surface area contributed by atoms with Gasteiger partial charge in [0.1, 0.15) is 6.04 Å². The molecule has 1 saturated carbocycles. The molecule has 1 heterocycles. The van der Waals surface area contributed by atoms with Gasteiger partial charge in [0.15, 0.2) is 0 Å². The molecule has 1 aliphatic heterocycles. The van der Waals surface area contributed by atoms with Gasteiger partial charge >= 0.3 is 12.0 Å². The molecule has 6 heteroatoms. The van der Waals surface area contributed by atoms with Crippen LogP contribution in [0.1, 0.15) is 39.0 Å². The molecule has 2 rings (SSSR count). The second-order valence-corrected chi connectivity index (χ2v) is 6.12. The van der Waals surface area contributed by atoms with Gasteiger partial charge < -0.3 is 20.0 Å². The number of hydrogen-bond acceptors (Lipinski definition) is 3. The molecule has 0 aromatic carbocycles. The first-order valence-electron chi connectivity index (χ1n) is 7.36. The van der Waals surface area contributed by atoms with E-state index >= 15 is 0 Å². The van der Waals surface area contributed by atoms with E-state index in [1.54, 1.807) is 11.9 Å². The van der Waals surface area contributed by atoms with Gasteiger partial charge in [0.05, 0.1) is 6.10 Å². The van der Waals surface area contributed by atoms with Crippen molar-refractivity contribution < 1.29 is 19.8 Å². The maximum atomic E-state index is 12.5. The van der Waals surface area contributed by atoms with Crippen molar-refractivity contribution >= 4 is 12.0 Å². The molecule has 2 aliphatic rings. The molecule has 4 atom stereocenters. The van der Waals surface area contributed by atoms with E-state index in [0.717, 1.165) is 19.3 Å². The number of carboxylic acid groups (broad SMARTS) is 1. The maximum absolute atomic E-state index is 12.5. The minimum absolute atomic E-state index is 0.112. The number of urea groups is 1. The highest BCUT2D eigenvalue weighted by Gasteiger charge is 2.41. The SMILES string of the molecule is CC1CCCCC1N(C)C(=O)N1CC(O)C[C@H]1C(=O)O. The standard InChI is InChI=1S/C14H24N2O4/c1-9-5-3-4-6-11(9)15(2)14(20)16-8-10(17)7-12(16)13(18)19/h9-12,17H,3-8H2,1-2H3,(H,18,19)/t9?,10?,11?,12-/m0/s1. The predicted octanol–water partition coefficient (Wildman–Crippen LogP) is 1.14. The van der Waals surface area contributed by atoms with Crippen LogP contribution in [-0.2, 0) is 4.79 Å². The first-order chi connectivity index (χ1) is 9.41. The summed E-state index contributed by atoms with van der Waals surface area (Å²) in [4.78, 5) is 26.7. The van der Waals surface area contributed by atoms with Crippen molar-refractivity contribution in [3.05, 3.63) is 0 Å². The van der Waals surface area contributed by atoms with Crippen LogP contribution in [-0.4, -0.2) is 63.8 Å². The highest BCUT2D eigenvalue weighted by atomic mass is 16.4. The summed E-state index contributed by atoms with van der Waals surface area (Å²) in [6.07, 6.45) is 3.76. The Balaban J connectivity index is 2.07. The minimum atomic E-state index is -1.04. The summed E-state index contributed by atoms with van der Waals surface area (Å²) in [6.45, 7) is 2.25. The van der Waals surface area contributed by atoms with Crippen molar-refractivity contribution in [2.24, 2.45) is 5.92 Å². The third kappa shape index (κ3) is 2.90. The smallest absolute Gasteiger partial charge is 0.326 e. The summed E-state index contributed by atoms with van der Waals surface area (Å²) in [5, 5.41) is 18.8. The largest absolute Gasteiger partial charge is 0.480 e. The monoisotopic (exact) mass is 284 g/mol. The Labute approximate surface area is 119 Å². The number of aliphatic carboxylic acids is 1. The van der Waals surface area contributed by atoms with Gasteiger partial charge in [-0.1, -0.05) is 19.8 Å². The summed E-state index contributed by atoms with van der Waals surface area (Å²) >= 11 is 0. The average Bonchev–Trinajstić information content (AvgIpc) is 2.80. The zero-order valence-corrected chi connectivity index (χ0v) is 12.2. The van der Waals surface area contributed by atoms with E-state index < -0.39 is 18.1 Å². The van der Waals surface area contributed by atoms with Crippen LogP contribution in [0.25, 0.3) is 0 Å². The Morgan fingerprint density at radius 2 is 1.90 bits per heavy atom. The van der Waals surface area contributed by atoms with Crippen molar-refractivity contribution in [2.45, 2.75) is 57.2 Å². The highest BCUT2D eigenvalue weighted by Crippen LogP contribution is 2.29.